The molecular formula is C10H14BrNO. The minimum atomic E-state index is -0.0301. The summed E-state index contributed by atoms with van der Waals surface area (Å²) in [6, 6.07) is 7.96. The smallest absolute Gasteiger partial charge is 0.0659 e. The molecule has 0 bridgehead atoms. The van der Waals surface area contributed by atoms with E-state index in [1.165, 1.54) is 0 Å². The Morgan fingerprint density at radius 2 is 2.31 bits per heavy atom. The van der Waals surface area contributed by atoms with Crippen molar-refractivity contribution in [1.29, 1.82) is 0 Å². The third kappa shape index (κ3) is 3.46. The van der Waals surface area contributed by atoms with Crippen LogP contribution in [-0.2, 0) is 4.74 Å². The van der Waals surface area contributed by atoms with Crippen LogP contribution in [0.3, 0.4) is 0 Å². The number of benzene rings is 1. The van der Waals surface area contributed by atoms with Gasteiger partial charge in [-0.15, -0.1) is 0 Å². The van der Waals surface area contributed by atoms with Crippen LogP contribution in [0.5, 0.6) is 0 Å². The van der Waals surface area contributed by atoms with Gasteiger partial charge in [0.25, 0.3) is 0 Å². The van der Waals surface area contributed by atoms with Crippen LogP contribution in [0.1, 0.15) is 18.5 Å². The maximum absolute atomic E-state index is 5.90. The van der Waals surface area contributed by atoms with Crippen molar-refractivity contribution in [2.45, 2.75) is 13.0 Å². The largest absolute Gasteiger partial charge is 0.380 e. The quantitative estimate of drug-likeness (QED) is 0.883. The molecule has 0 radical (unpaired) electrons. The average Bonchev–Trinajstić information content (AvgIpc) is 2.14. The van der Waals surface area contributed by atoms with Crippen LogP contribution in [0.25, 0.3) is 0 Å². The van der Waals surface area contributed by atoms with Gasteiger partial charge >= 0.3 is 0 Å². The fraction of sp³-hybridized carbons (Fsp3) is 0.400. The number of halogens is 1. The summed E-state index contributed by atoms with van der Waals surface area (Å²) in [5, 5.41) is 0. The molecule has 1 aromatic rings. The first-order valence-corrected chi connectivity index (χ1v) is 5.12. The summed E-state index contributed by atoms with van der Waals surface area (Å²) in [4.78, 5) is 0. The molecule has 1 rings (SSSR count). The first-order chi connectivity index (χ1) is 6.24. The molecule has 1 aromatic carbocycles. The van der Waals surface area contributed by atoms with E-state index >= 15 is 0 Å². The van der Waals surface area contributed by atoms with Crippen molar-refractivity contribution in [1.82, 2.24) is 0 Å². The number of ether oxygens (including phenoxy) is 1. The van der Waals surface area contributed by atoms with Crippen molar-refractivity contribution in [3.05, 3.63) is 34.3 Å². The monoisotopic (exact) mass is 243 g/mol. The molecule has 0 fully saturated rings. The summed E-state index contributed by atoms with van der Waals surface area (Å²) in [5.41, 5.74) is 7.00. The Morgan fingerprint density at radius 3 is 2.92 bits per heavy atom. The molecule has 0 aliphatic rings. The lowest BCUT2D eigenvalue weighted by molar-refractivity contribution is 0.133. The van der Waals surface area contributed by atoms with Crippen LogP contribution >= 0.6 is 15.9 Å². The molecule has 0 amide bonds. The van der Waals surface area contributed by atoms with Gasteiger partial charge in [-0.25, -0.2) is 0 Å². The normalized spacial score (nSPS) is 12.8. The lowest BCUT2D eigenvalue weighted by Crippen LogP contribution is -2.16. The van der Waals surface area contributed by atoms with Gasteiger partial charge in [-0.2, -0.15) is 0 Å². The molecule has 3 heteroatoms. The van der Waals surface area contributed by atoms with Crippen molar-refractivity contribution in [2.24, 2.45) is 5.73 Å². The molecule has 0 spiro atoms. The Labute approximate surface area is 87.2 Å². The van der Waals surface area contributed by atoms with E-state index in [1.54, 1.807) is 0 Å². The highest BCUT2D eigenvalue weighted by molar-refractivity contribution is 9.10. The van der Waals surface area contributed by atoms with E-state index in [-0.39, 0.29) is 6.04 Å². The summed E-state index contributed by atoms with van der Waals surface area (Å²) in [7, 11) is 0. The van der Waals surface area contributed by atoms with Gasteiger partial charge < -0.3 is 10.5 Å². The number of nitrogens with two attached hydrogens (primary N) is 1. The molecule has 1 atom stereocenters. The Balaban J connectivity index is 2.60. The fourth-order valence-corrected chi connectivity index (χ4v) is 1.50. The van der Waals surface area contributed by atoms with Gasteiger partial charge in [0.05, 0.1) is 12.6 Å². The standard InChI is InChI=1S/C10H14BrNO/c1-2-13-7-10(12)8-4-3-5-9(11)6-8/h3-6,10H,2,7,12H2,1H3/t10-/m1/s1. The zero-order valence-corrected chi connectivity index (χ0v) is 9.25. The third-order valence-electron chi connectivity index (χ3n) is 1.78. The van der Waals surface area contributed by atoms with E-state index in [4.69, 9.17) is 10.5 Å². The van der Waals surface area contributed by atoms with E-state index in [0.29, 0.717) is 13.2 Å². The number of rotatable bonds is 4. The van der Waals surface area contributed by atoms with Crippen LogP contribution in [0, 0.1) is 0 Å². The van der Waals surface area contributed by atoms with Crippen molar-refractivity contribution < 1.29 is 4.74 Å². The van der Waals surface area contributed by atoms with Gasteiger partial charge in [-0.1, -0.05) is 28.1 Å². The summed E-state index contributed by atoms with van der Waals surface area (Å²) in [5.74, 6) is 0. The van der Waals surface area contributed by atoms with Gasteiger partial charge in [0.2, 0.25) is 0 Å². The predicted octanol–water partition coefficient (Wildman–Crippen LogP) is 2.49. The highest BCUT2D eigenvalue weighted by atomic mass is 79.9. The molecule has 0 aromatic heterocycles. The van der Waals surface area contributed by atoms with E-state index in [0.717, 1.165) is 10.0 Å². The molecule has 0 saturated carbocycles. The molecule has 0 aliphatic carbocycles. The van der Waals surface area contributed by atoms with E-state index in [9.17, 15) is 0 Å². The van der Waals surface area contributed by atoms with Crippen molar-refractivity contribution in [3.63, 3.8) is 0 Å². The topological polar surface area (TPSA) is 35.2 Å². The summed E-state index contributed by atoms with van der Waals surface area (Å²) >= 11 is 3.40. The van der Waals surface area contributed by atoms with Crippen LogP contribution in [0.15, 0.2) is 28.7 Å². The van der Waals surface area contributed by atoms with Gasteiger partial charge in [-0.3, -0.25) is 0 Å². The molecule has 72 valence electrons. The number of hydrogen-bond donors (Lipinski definition) is 1. The van der Waals surface area contributed by atoms with E-state index in [1.807, 2.05) is 31.2 Å². The van der Waals surface area contributed by atoms with E-state index in [2.05, 4.69) is 15.9 Å². The summed E-state index contributed by atoms with van der Waals surface area (Å²) < 4.78 is 6.30. The summed E-state index contributed by atoms with van der Waals surface area (Å²) in [6.45, 7) is 3.25. The molecule has 0 heterocycles. The van der Waals surface area contributed by atoms with Crippen molar-refractivity contribution in [2.75, 3.05) is 13.2 Å². The maximum Gasteiger partial charge on any atom is 0.0659 e. The van der Waals surface area contributed by atoms with Crippen LogP contribution in [0.4, 0.5) is 0 Å². The lowest BCUT2D eigenvalue weighted by Gasteiger charge is -2.11. The molecule has 0 saturated heterocycles. The predicted molar refractivity (Wildman–Crippen MR) is 57.6 cm³/mol. The van der Waals surface area contributed by atoms with Crippen molar-refractivity contribution >= 4 is 15.9 Å². The van der Waals surface area contributed by atoms with E-state index < -0.39 is 0 Å². The highest BCUT2D eigenvalue weighted by Crippen LogP contribution is 2.16. The molecule has 13 heavy (non-hydrogen) atoms. The van der Waals surface area contributed by atoms with Crippen LogP contribution in [0.2, 0.25) is 0 Å². The second-order valence-electron chi connectivity index (χ2n) is 2.82. The third-order valence-corrected chi connectivity index (χ3v) is 2.27. The van der Waals surface area contributed by atoms with Gasteiger partial charge in [-0.05, 0) is 24.6 Å². The first kappa shape index (κ1) is 10.7. The average molecular weight is 244 g/mol. The Kier molecular flexibility index (Phi) is 4.42. The second-order valence-corrected chi connectivity index (χ2v) is 3.74. The highest BCUT2D eigenvalue weighted by Gasteiger charge is 2.05. The van der Waals surface area contributed by atoms with Crippen LogP contribution < -0.4 is 5.73 Å². The van der Waals surface area contributed by atoms with Gasteiger partial charge in [0.1, 0.15) is 0 Å². The SMILES string of the molecule is CCOC[C@@H](N)c1cccc(Br)c1. The zero-order valence-electron chi connectivity index (χ0n) is 7.66. The molecule has 0 unspecified atom stereocenters. The maximum atomic E-state index is 5.90. The Hall–Kier alpha value is -0.380. The zero-order chi connectivity index (χ0) is 9.68. The molecular weight excluding hydrogens is 230 g/mol. The molecule has 0 aliphatic heterocycles. The Bertz CT molecular complexity index is 265. The summed E-state index contributed by atoms with van der Waals surface area (Å²) in [6.07, 6.45) is 0. The van der Waals surface area contributed by atoms with Gasteiger partial charge in [0, 0.05) is 11.1 Å². The molecule has 2 nitrogen and oxygen atoms in total. The van der Waals surface area contributed by atoms with Gasteiger partial charge in [0.15, 0.2) is 0 Å². The van der Waals surface area contributed by atoms with Crippen LogP contribution in [-0.4, -0.2) is 13.2 Å². The Morgan fingerprint density at radius 1 is 1.54 bits per heavy atom. The lowest BCUT2D eigenvalue weighted by atomic mass is 10.1. The second kappa shape index (κ2) is 5.37. The number of hydrogen-bond acceptors (Lipinski definition) is 2. The fourth-order valence-electron chi connectivity index (χ4n) is 1.08. The minimum absolute atomic E-state index is 0.0301. The minimum Gasteiger partial charge on any atom is -0.380 e. The molecule has 2 N–H and O–H groups in total. The van der Waals surface area contributed by atoms with Crippen molar-refractivity contribution in [3.8, 4) is 0 Å². The first-order valence-electron chi connectivity index (χ1n) is 4.33.